The second-order valence-electron chi connectivity index (χ2n) is 8.63. The molecule has 14 heteroatoms. The number of nitrogens with zero attached hydrogens (tertiary/aromatic N) is 3. The summed E-state index contributed by atoms with van der Waals surface area (Å²) in [7, 11) is -4.56. The molecule has 0 amide bonds. The number of sulfonamides is 1. The van der Waals surface area contributed by atoms with Gasteiger partial charge >= 0.3 is 12.5 Å². The molecule has 2 heterocycles. The van der Waals surface area contributed by atoms with Crippen LogP contribution in [0.1, 0.15) is 44.2 Å². The largest absolute Gasteiger partial charge is 0.573 e. The van der Waals surface area contributed by atoms with Crippen LogP contribution in [0.5, 0.6) is 5.75 Å². The molecule has 7 nitrogen and oxygen atoms in total. The number of nitrogens with one attached hydrogen (secondary N) is 1. The summed E-state index contributed by atoms with van der Waals surface area (Å²) in [5.41, 5.74) is 0.849. The molecule has 1 aromatic carbocycles. The Hall–Kier alpha value is -3.31. The standard InChI is InChI=1S/C23H20F6N4O3S/c1-13(22(24,25)26)32-37(34,35)16-7-9-19(31-12-16)21-18(11-30)17-8-6-15(36-23(27,28)29)10-20(17)33(21)14-4-2-3-5-14/h6-10,12-14,32H,2-5H2,1H3. The summed E-state index contributed by atoms with van der Waals surface area (Å²) in [6.45, 7) is 0.662. The molecule has 1 atom stereocenters. The SMILES string of the molecule is CC(NS(=O)(=O)c1ccc(-c2c(C#N)c3ccc(OC(F)(F)F)cc3n2C2CCCC2)nc1)C(F)(F)F. The van der Waals surface area contributed by atoms with Crippen LogP contribution in [0, 0.1) is 11.3 Å². The van der Waals surface area contributed by atoms with Gasteiger partial charge in [-0.05, 0) is 44.0 Å². The predicted molar refractivity (Wildman–Crippen MR) is 120 cm³/mol. The summed E-state index contributed by atoms with van der Waals surface area (Å²) in [5, 5.41) is 10.3. The number of hydrogen-bond acceptors (Lipinski definition) is 5. The molecule has 0 bridgehead atoms. The van der Waals surface area contributed by atoms with Crippen LogP contribution in [0.2, 0.25) is 0 Å². The number of pyridine rings is 1. The van der Waals surface area contributed by atoms with E-state index in [1.807, 2.05) is 0 Å². The summed E-state index contributed by atoms with van der Waals surface area (Å²) in [4.78, 5) is 3.60. The molecule has 1 saturated carbocycles. The summed E-state index contributed by atoms with van der Waals surface area (Å²) in [5.74, 6) is -0.466. The number of benzene rings is 1. The number of halogens is 6. The summed E-state index contributed by atoms with van der Waals surface area (Å²) < 4.78 is 109. The molecular formula is C23H20F6N4O3S. The van der Waals surface area contributed by atoms with Crippen LogP contribution in [0.25, 0.3) is 22.3 Å². The smallest absolute Gasteiger partial charge is 0.406 e. The number of nitriles is 1. The first-order chi connectivity index (χ1) is 17.2. The Morgan fingerprint density at radius 2 is 1.81 bits per heavy atom. The number of alkyl halides is 6. The molecule has 1 aliphatic carbocycles. The summed E-state index contributed by atoms with van der Waals surface area (Å²) >= 11 is 0. The molecule has 2 aromatic heterocycles. The van der Waals surface area contributed by atoms with E-state index in [4.69, 9.17) is 0 Å². The molecule has 1 fully saturated rings. The van der Waals surface area contributed by atoms with E-state index in [9.17, 15) is 40.0 Å². The van der Waals surface area contributed by atoms with Gasteiger partial charge in [-0.25, -0.2) is 8.42 Å². The van der Waals surface area contributed by atoms with Crippen LogP contribution in [-0.4, -0.2) is 36.5 Å². The average molecular weight is 546 g/mol. The van der Waals surface area contributed by atoms with E-state index in [2.05, 4.69) is 15.8 Å². The third-order valence-corrected chi connectivity index (χ3v) is 7.65. The highest BCUT2D eigenvalue weighted by molar-refractivity contribution is 7.89. The molecule has 0 spiro atoms. The fraction of sp³-hybridized carbons (Fsp3) is 0.391. The molecular weight excluding hydrogens is 526 g/mol. The summed E-state index contributed by atoms with van der Waals surface area (Å²) in [6, 6.07) is 5.49. The molecule has 4 rings (SSSR count). The lowest BCUT2D eigenvalue weighted by atomic mass is 10.1. The third-order valence-electron chi connectivity index (χ3n) is 6.12. The van der Waals surface area contributed by atoms with Gasteiger partial charge in [0.2, 0.25) is 10.0 Å². The average Bonchev–Trinajstić information content (AvgIpc) is 3.42. The van der Waals surface area contributed by atoms with Crippen molar-refractivity contribution in [3.63, 3.8) is 0 Å². The Morgan fingerprint density at radius 3 is 2.35 bits per heavy atom. The number of ether oxygens (including phenoxy) is 1. The van der Waals surface area contributed by atoms with Gasteiger partial charge in [-0.1, -0.05) is 12.8 Å². The van der Waals surface area contributed by atoms with Crippen molar-refractivity contribution in [2.75, 3.05) is 0 Å². The Bertz CT molecular complexity index is 1450. The van der Waals surface area contributed by atoms with Gasteiger partial charge in [0, 0.05) is 23.7 Å². The van der Waals surface area contributed by atoms with Gasteiger partial charge in [0.05, 0.1) is 22.5 Å². The third kappa shape index (κ3) is 5.52. The molecule has 1 N–H and O–H groups in total. The lowest BCUT2D eigenvalue weighted by Crippen LogP contribution is -2.42. The van der Waals surface area contributed by atoms with Crippen LogP contribution in [0.3, 0.4) is 0 Å². The van der Waals surface area contributed by atoms with Crippen molar-refractivity contribution in [2.24, 2.45) is 0 Å². The molecule has 37 heavy (non-hydrogen) atoms. The topological polar surface area (TPSA) is 97.0 Å². The van der Waals surface area contributed by atoms with Crippen LogP contribution in [0.15, 0.2) is 41.4 Å². The van der Waals surface area contributed by atoms with Gasteiger partial charge in [0.1, 0.15) is 22.8 Å². The van der Waals surface area contributed by atoms with E-state index in [1.54, 1.807) is 9.29 Å². The Balaban J connectivity index is 1.83. The first-order valence-corrected chi connectivity index (χ1v) is 12.6. The fourth-order valence-electron chi connectivity index (χ4n) is 4.44. The first-order valence-electron chi connectivity index (χ1n) is 11.1. The second-order valence-corrected chi connectivity index (χ2v) is 10.3. The summed E-state index contributed by atoms with van der Waals surface area (Å²) in [6.07, 6.45) is -5.73. The minimum Gasteiger partial charge on any atom is -0.406 e. The van der Waals surface area contributed by atoms with E-state index in [0.29, 0.717) is 30.7 Å². The number of fused-ring (bicyclic) bond motifs is 1. The molecule has 1 unspecified atom stereocenters. The highest BCUT2D eigenvalue weighted by atomic mass is 32.2. The molecule has 1 aliphatic rings. The van der Waals surface area contributed by atoms with Crippen molar-refractivity contribution in [3.05, 3.63) is 42.1 Å². The maximum Gasteiger partial charge on any atom is 0.573 e. The van der Waals surface area contributed by atoms with Crippen molar-refractivity contribution in [1.29, 1.82) is 5.26 Å². The van der Waals surface area contributed by atoms with Crippen molar-refractivity contribution < 1.29 is 39.5 Å². The van der Waals surface area contributed by atoms with Crippen LogP contribution < -0.4 is 9.46 Å². The zero-order valence-corrected chi connectivity index (χ0v) is 20.0. The van der Waals surface area contributed by atoms with E-state index >= 15 is 0 Å². The second kappa shape index (κ2) is 9.53. The lowest BCUT2D eigenvalue weighted by molar-refractivity contribution is -0.274. The van der Waals surface area contributed by atoms with Gasteiger partial charge in [-0.2, -0.15) is 23.2 Å². The van der Waals surface area contributed by atoms with Crippen LogP contribution in [-0.2, 0) is 10.0 Å². The molecule has 198 valence electrons. The minimum absolute atomic E-state index is 0.118. The molecule has 0 aliphatic heterocycles. The monoisotopic (exact) mass is 546 g/mol. The van der Waals surface area contributed by atoms with Crippen molar-refractivity contribution in [1.82, 2.24) is 14.3 Å². The minimum atomic E-state index is -4.92. The fourth-order valence-corrected chi connectivity index (χ4v) is 5.61. The normalized spacial score (nSPS) is 16.2. The van der Waals surface area contributed by atoms with Gasteiger partial charge in [0.25, 0.3) is 0 Å². The Kier molecular flexibility index (Phi) is 6.89. The van der Waals surface area contributed by atoms with Crippen molar-refractivity contribution in [2.45, 2.75) is 62.1 Å². The Morgan fingerprint density at radius 1 is 1.14 bits per heavy atom. The quantitative estimate of drug-likeness (QED) is 0.393. The number of hydrogen-bond donors (Lipinski definition) is 1. The van der Waals surface area contributed by atoms with Gasteiger partial charge in [0.15, 0.2) is 0 Å². The van der Waals surface area contributed by atoms with Crippen molar-refractivity contribution >= 4 is 20.9 Å². The van der Waals surface area contributed by atoms with Crippen molar-refractivity contribution in [3.8, 4) is 23.2 Å². The lowest BCUT2D eigenvalue weighted by Gasteiger charge is -2.19. The molecule has 0 saturated heterocycles. The number of rotatable bonds is 6. The Labute approximate surface area is 207 Å². The maximum atomic E-state index is 12.8. The van der Waals surface area contributed by atoms with E-state index < -0.39 is 39.2 Å². The predicted octanol–water partition coefficient (Wildman–Crippen LogP) is 5.82. The zero-order valence-electron chi connectivity index (χ0n) is 19.2. The maximum absolute atomic E-state index is 12.8. The van der Waals surface area contributed by atoms with Gasteiger partial charge in [-0.3, -0.25) is 4.98 Å². The highest BCUT2D eigenvalue weighted by Gasteiger charge is 2.39. The molecule has 3 aromatic rings. The highest BCUT2D eigenvalue weighted by Crippen LogP contribution is 2.42. The van der Waals surface area contributed by atoms with E-state index in [1.165, 1.54) is 18.2 Å². The number of aromatic nitrogens is 2. The molecule has 0 radical (unpaired) electrons. The van der Waals surface area contributed by atoms with Gasteiger partial charge < -0.3 is 9.30 Å². The van der Waals surface area contributed by atoms with Crippen LogP contribution >= 0.6 is 0 Å². The van der Waals surface area contributed by atoms with E-state index in [0.717, 1.165) is 31.2 Å². The van der Waals surface area contributed by atoms with Crippen LogP contribution in [0.4, 0.5) is 26.3 Å². The zero-order chi connectivity index (χ0) is 27.2. The van der Waals surface area contributed by atoms with Gasteiger partial charge in [-0.15, -0.1) is 13.2 Å². The van der Waals surface area contributed by atoms with E-state index in [-0.39, 0.29) is 23.0 Å². The first kappa shape index (κ1) is 26.7.